The Hall–Kier alpha value is -1.93. The fourth-order valence-corrected chi connectivity index (χ4v) is 5.75. The first kappa shape index (κ1) is 18.4. The predicted octanol–water partition coefficient (Wildman–Crippen LogP) is 1.83. The van der Waals surface area contributed by atoms with Crippen LogP contribution >= 0.6 is 0 Å². The second-order valence-electron chi connectivity index (χ2n) is 7.93. The Balaban J connectivity index is 1.55. The van der Waals surface area contributed by atoms with Gasteiger partial charge in [-0.05, 0) is 49.7 Å². The first-order valence-corrected chi connectivity index (χ1v) is 11.1. The van der Waals surface area contributed by atoms with Crippen molar-refractivity contribution in [3.63, 3.8) is 0 Å². The summed E-state index contributed by atoms with van der Waals surface area (Å²) >= 11 is 0. The molecule has 1 saturated carbocycles. The van der Waals surface area contributed by atoms with Crippen molar-refractivity contribution in [3.05, 3.63) is 35.4 Å². The quantitative estimate of drug-likeness (QED) is 0.750. The van der Waals surface area contributed by atoms with Gasteiger partial charge in [-0.25, -0.2) is 17.5 Å². The van der Waals surface area contributed by atoms with E-state index < -0.39 is 21.6 Å². The van der Waals surface area contributed by atoms with Gasteiger partial charge in [-0.3, -0.25) is 9.69 Å². The molecule has 0 aromatic heterocycles. The van der Waals surface area contributed by atoms with Crippen molar-refractivity contribution in [3.8, 4) is 0 Å². The van der Waals surface area contributed by atoms with Crippen LogP contribution in [0.15, 0.2) is 24.3 Å². The van der Waals surface area contributed by atoms with Crippen LogP contribution in [0.2, 0.25) is 0 Å². The Bertz CT molecular complexity index is 875. The summed E-state index contributed by atoms with van der Waals surface area (Å²) in [6, 6.07) is 6.76. The van der Waals surface area contributed by atoms with Crippen molar-refractivity contribution in [1.29, 1.82) is 0 Å². The van der Waals surface area contributed by atoms with Crippen LogP contribution in [0.25, 0.3) is 0 Å². The van der Waals surface area contributed by atoms with E-state index in [9.17, 15) is 18.0 Å². The topological polar surface area (TPSA) is 86.8 Å². The monoisotopic (exact) mass is 391 g/mol. The summed E-state index contributed by atoms with van der Waals surface area (Å²) in [4.78, 5) is 26.5. The molecule has 0 bridgehead atoms. The minimum atomic E-state index is -3.39. The van der Waals surface area contributed by atoms with Crippen LogP contribution < -0.4 is 5.32 Å². The number of nitrogens with one attached hydrogen (secondary N) is 1. The number of imide groups is 1. The average Bonchev–Trinajstić information content (AvgIpc) is 3.28. The Morgan fingerprint density at radius 3 is 2.37 bits per heavy atom. The number of carbonyl (C=O) groups is 2. The number of carbonyl (C=O) groups excluding carboxylic acids is 2. The highest BCUT2D eigenvalue weighted by Crippen LogP contribution is 2.43. The fraction of sp³-hybridized carbons (Fsp3) is 0.579. The highest BCUT2D eigenvalue weighted by molar-refractivity contribution is 7.88. The van der Waals surface area contributed by atoms with Crippen LogP contribution in [0.1, 0.15) is 43.7 Å². The lowest BCUT2D eigenvalue weighted by Gasteiger charge is -2.22. The summed E-state index contributed by atoms with van der Waals surface area (Å²) in [6.07, 6.45) is 3.67. The predicted molar refractivity (Wildman–Crippen MR) is 100 cm³/mol. The van der Waals surface area contributed by atoms with Crippen LogP contribution in [-0.2, 0) is 27.1 Å². The van der Waals surface area contributed by atoms with Crippen molar-refractivity contribution in [2.24, 2.45) is 5.92 Å². The van der Waals surface area contributed by atoms with E-state index in [0.29, 0.717) is 24.2 Å². The van der Waals surface area contributed by atoms with Crippen LogP contribution in [0.3, 0.4) is 0 Å². The van der Waals surface area contributed by atoms with Crippen LogP contribution in [0.5, 0.6) is 0 Å². The zero-order chi connectivity index (χ0) is 19.2. The van der Waals surface area contributed by atoms with E-state index in [-0.39, 0.29) is 24.1 Å². The van der Waals surface area contributed by atoms with Gasteiger partial charge in [0, 0.05) is 13.1 Å². The third-order valence-electron chi connectivity index (χ3n) is 5.94. The number of nitrogens with zero attached hydrogens (tertiary/aromatic N) is 2. The van der Waals surface area contributed by atoms with Gasteiger partial charge in [0.2, 0.25) is 10.0 Å². The molecule has 2 heterocycles. The molecule has 2 aliphatic heterocycles. The number of benzene rings is 1. The second-order valence-corrected chi connectivity index (χ2v) is 9.90. The maximum Gasteiger partial charge on any atom is 0.325 e. The molecule has 0 radical (unpaired) electrons. The van der Waals surface area contributed by atoms with E-state index in [1.807, 2.05) is 0 Å². The van der Waals surface area contributed by atoms with Gasteiger partial charge in [0.05, 0.1) is 12.3 Å². The maximum absolute atomic E-state index is 12.8. The van der Waals surface area contributed by atoms with Gasteiger partial charge >= 0.3 is 6.03 Å². The number of sulfonamides is 1. The molecule has 2 saturated heterocycles. The molecule has 146 valence electrons. The molecule has 1 aromatic rings. The summed E-state index contributed by atoms with van der Waals surface area (Å²) < 4.78 is 26.9. The molecule has 0 unspecified atom stereocenters. The third kappa shape index (κ3) is 3.36. The number of hydrogen-bond donors (Lipinski definition) is 1. The Kier molecular flexibility index (Phi) is 4.50. The van der Waals surface area contributed by atoms with Crippen molar-refractivity contribution < 1.29 is 18.0 Å². The lowest BCUT2D eigenvalue weighted by molar-refractivity contribution is -0.131. The van der Waals surface area contributed by atoms with Crippen molar-refractivity contribution >= 4 is 22.0 Å². The molecule has 8 heteroatoms. The molecule has 3 fully saturated rings. The number of amides is 3. The Morgan fingerprint density at radius 2 is 1.74 bits per heavy atom. The van der Waals surface area contributed by atoms with Gasteiger partial charge in [-0.15, -0.1) is 0 Å². The molecule has 7 nitrogen and oxygen atoms in total. The minimum absolute atomic E-state index is 0.0959. The SMILES string of the molecule is C[C@@]1(C2CC2)NC(=O)N(Cc2ccccc2CS(=O)(=O)N2CCCC2)C1=O. The van der Waals surface area contributed by atoms with Gasteiger partial charge in [-0.2, -0.15) is 0 Å². The molecule has 1 aromatic carbocycles. The van der Waals surface area contributed by atoms with Crippen LogP contribution in [0, 0.1) is 5.92 Å². The van der Waals surface area contributed by atoms with E-state index in [1.54, 1.807) is 31.2 Å². The molecular weight excluding hydrogens is 366 g/mol. The molecule has 3 aliphatic rings. The average molecular weight is 391 g/mol. The largest absolute Gasteiger partial charge is 0.325 e. The highest BCUT2D eigenvalue weighted by atomic mass is 32.2. The lowest BCUT2D eigenvalue weighted by atomic mass is 9.96. The van der Waals surface area contributed by atoms with E-state index in [1.165, 1.54) is 9.21 Å². The zero-order valence-corrected chi connectivity index (χ0v) is 16.3. The molecular formula is C19H25N3O4S. The summed E-state index contributed by atoms with van der Waals surface area (Å²) in [5.41, 5.74) is 0.516. The molecule has 1 aliphatic carbocycles. The molecule has 4 rings (SSSR count). The first-order chi connectivity index (χ1) is 12.8. The van der Waals surface area contributed by atoms with Gasteiger partial charge in [0.15, 0.2) is 0 Å². The van der Waals surface area contributed by atoms with E-state index >= 15 is 0 Å². The summed E-state index contributed by atoms with van der Waals surface area (Å²) in [5.74, 6) is -0.121. The van der Waals surface area contributed by atoms with Crippen molar-refractivity contribution in [2.45, 2.75) is 50.4 Å². The van der Waals surface area contributed by atoms with Crippen LogP contribution in [-0.4, -0.2) is 48.2 Å². The third-order valence-corrected chi connectivity index (χ3v) is 7.77. The smallest absolute Gasteiger partial charge is 0.323 e. The molecule has 1 atom stereocenters. The number of hydrogen-bond acceptors (Lipinski definition) is 4. The molecule has 1 N–H and O–H groups in total. The first-order valence-electron chi connectivity index (χ1n) is 9.50. The van der Waals surface area contributed by atoms with Gasteiger partial charge in [0.1, 0.15) is 5.54 Å². The lowest BCUT2D eigenvalue weighted by Crippen LogP contribution is -2.46. The van der Waals surface area contributed by atoms with Gasteiger partial charge in [-0.1, -0.05) is 24.3 Å². The number of urea groups is 1. The van der Waals surface area contributed by atoms with Crippen molar-refractivity contribution in [1.82, 2.24) is 14.5 Å². The Morgan fingerprint density at radius 1 is 1.11 bits per heavy atom. The Labute approximate surface area is 159 Å². The van der Waals surface area contributed by atoms with Gasteiger partial charge < -0.3 is 5.32 Å². The second kappa shape index (κ2) is 6.60. The fourth-order valence-electron chi connectivity index (χ4n) is 4.07. The minimum Gasteiger partial charge on any atom is -0.323 e. The molecule has 27 heavy (non-hydrogen) atoms. The summed E-state index contributed by atoms with van der Waals surface area (Å²) in [6.45, 7) is 3.02. The highest BCUT2D eigenvalue weighted by Gasteiger charge is 2.55. The molecule has 0 spiro atoms. The summed E-state index contributed by atoms with van der Waals surface area (Å²) in [5, 5.41) is 2.84. The van der Waals surface area contributed by atoms with Gasteiger partial charge in [0.25, 0.3) is 5.91 Å². The normalized spacial score (nSPS) is 26.6. The summed E-state index contributed by atoms with van der Waals surface area (Å²) in [7, 11) is -3.39. The van der Waals surface area contributed by atoms with E-state index in [0.717, 1.165) is 25.7 Å². The standard InChI is InChI=1S/C19H25N3O4S/c1-19(16-8-9-16)17(23)22(18(24)20-19)12-14-6-2-3-7-15(14)13-27(25,26)21-10-4-5-11-21/h2-3,6-7,16H,4-5,8-13H2,1H3,(H,20,24)/t19-/m0/s1. The van der Waals surface area contributed by atoms with Crippen molar-refractivity contribution in [2.75, 3.05) is 13.1 Å². The number of rotatable bonds is 6. The van der Waals surface area contributed by atoms with E-state index in [2.05, 4.69) is 5.32 Å². The van der Waals surface area contributed by atoms with Crippen LogP contribution in [0.4, 0.5) is 4.79 Å². The molecule has 3 amide bonds. The van der Waals surface area contributed by atoms with E-state index in [4.69, 9.17) is 0 Å². The maximum atomic E-state index is 12.8. The zero-order valence-electron chi connectivity index (χ0n) is 15.5.